The van der Waals surface area contributed by atoms with Crippen LogP contribution in [-0.2, 0) is 5.41 Å². The van der Waals surface area contributed by atoms with Crippen molar-refractivity contribution in [1.82, 2.24) is 0 Å². The molecule has 2 rings (SSSR count). The Morgan fingerprint density at radius 3 is 2.50 bits per heavy atom. The zero-order valence-electron chi connectivity index (χ0n) is 11.1. The maximum atomic E-state index is 6.15. The Kier molecular flexibility index (Phi) is 3.87. The normalized spacial score (nSPS) is 18.3. The van der Waals surface area contributed by atoms with E-state index in [-0.39, 0.29) is 11.5 Å². The average molecular weight is 314 g/mol. The van der Waals surface area contributed by atoms with Crippen LogP contribution in [0.5, 0.6) is 11.5 Å². The molecule has 0 aromatic heterocycles. The molecule has 1 fully saturated rings. The number of methoxy groups -OCH3 is 1. The number of rotatable bonds is 5. The summed E-state index contributed by atoms with van der Waals surface area (Å²) >= 11 is 3.54. The fraction of sp³-hybridized carbons (Fsp3) is 0.571. The van der Waals surface area contributed by atoms with Crippen molar-refractivity contribution in [3.8, 4) is 11.5 Å². The molecule has 1 unspecified atom stereocenters. The summed E-state index contributed by atoms with van der Waals surface area (Å²) in [5.74, 6) is 1.69. The van der Waals surface area contributed by atoms with E-state index in [1.54, 1.807) is 7.11 Å². The van der Waals surface area contributed by atoms with Crippen LogP contribution in [0.3, 0.4) is 0 Å². The molecular formula is C14H20BrNO2. The van der Waals surface area contributed by atoms with Crippen LogP contribution in [0.4, 0.5) is 0 Å². The van der Waals surface area contributed by atoms with Gasteiger partial charge in [-0.05, 0) is 48.7 Å². The molecule has 1 aliphatic rings. The number of hydrogen-bond acceptors (Lipinski definition) is 3. The highest BCUT2D eigenvalue weighted by Crippen LogP contribution is 2.54. The molecule has 0 spiro atoms. The minimum atomic E-state index is 0.0826. The van der Waals surface area contributed by atoms with Crippen molar-refractivity contribution < 1.29 is 9.47 Å². The van der Waals surface area contributed by atoms with Crippen molar-refractivity contribution in [3.05, 3.63) is 22.2 Å². The molecule has 0 radical (unpaired) electrons. The van der Waals surface area contributed by atoms with Gasteiger partial charge in [0.1, 0.15) is 11.5 Å². The van der Waals surface area contributed by atoms with Crippen molar-refractivity contribution >= 4 is 15.9 Å². The summed E-state index contributed by atoms with van der Waals surface area (Å²) < 4.78 is 12.0. The molecule has 1 saturated carbocycles. The van der Waals surface area contributed by atoms with Gasteiger partial charge in [-0.1, -0.05) is 0 Å². The lowest BCUT2D eigenvalue weighted by Gasteiger charge is -2.24. The molecule has 0 saturated heterocycles. The first-order chi connectivity index (χ1) is 8.55. The van der Waals surface area contributed by atoms with Gasteiger partial charge in [0.05, 0.1) is 18.2 Å². The van der Waals surface area contributed by atoms with Crippen LogP contribution < -0.4 is 15.2 Å². The van der Waals surface area contributed by atoms with Crippen LogP contribution in [0.15, 0.2) is 16.6 Å². The van der Waals surface area contributed by atoms with E-state index in [0.29, 0.717) is 6.61 Å². The smallest absolute Gasteiger partial charge is 0.136 e. The number of hydrogen-bond donors (Lipinski definition) is 1. The van der Waals surface area contributed by atoms with Crippen molar-refractivity contribution in [2.75, 3.05) is 13.7 Å². The van der Waals surface area contributed by atoms with Crippen molar-refractivity contribution in [1.29, 1.82) is 0 Å². The molecule has 1 aromatic carbocycles. The quantitative estimate of drug-likeness (QED) is 0.907. The van der Waals surface area contributed by atoms with E-state index in [9.17, 15) is 0 Å². The highest BCUT2D eigenvalue weighted by molar-refractivity contribution is 9.10. The van der Waals surface area contributed by atoms with Gasteiger partial charge in [0, 0.05) is 23.1 Å². The SMILES string of the molecule is CCOc1cc(OC)c(Br)cc1C1(C(C)N)CC1. The van der Waals surface area contributed by atoms with E-state index in [1.165, 1.54) is 5.56 Å². The second-order valence-electron chi connectivity index (χ2n) is 4.86. The summed E-state index contributed by atoms with van der Waals surface area (Å²) in [6, 6.07) is 4.18. The molecule has 0 amide bonds. The third-order valence-corrected chi connectivity index (χ3v) is 4.37. The first kappa shape index (κ1) is 13.7. The Hall–Kier alpha value is -0.740. The van der Waals surface area contributed by atoms with Crippen molar-refractivity contribution in [2.45, 2.75) is 38.1 Å². The summed E-state index contributed by atoms with van der Waals surface area (Å²) in [5, 5.41) is 0. The number of halogens is 1. The van der Waals surface area contributed by atoms with Gasteiger partial charge in [-0.2, -0.15) is 0 Å². The van der Waals surface area contributed by atoms with Gasteiger partial charge in [0.2, 0.25) is 0 Å². The van der Waals surface area contributed by atoms with Gasteiger partial charge in [0.25, 0.3) is 0 Å². The molecule has 18 heavy (non-hydrogen) atoms. The van der Waals surface area contributed by atoms with Gasteiger partial charge in [-0.3, -0.25) is 0 Å². The minimum absolute atomic E-state index is 0.0826. The van der Waals surface area contributed by atoms with Crippen LogP contribution >= 0.6 is 15.9 Å². The van der Waals surface area contributed by atoms with Crippen LogP contribution in [0.2, 0.25) is 0 Å². The molecule has 1 aliphatic carbocycles. The fourth-order valence-corrected chi connectivity index (χ4v) is 2.97. The van der Waals surface area contributed by atoms with Gasteiger partial charge >= 0.3 is 0 Å². The molecular weight excluding hydrogens is 294 g/mol. The molecule has 4 heteroatoms. The highest BCUT2D eigenvalue weighted by atomic mass is 79.9. The predicted molar refractivity (Wildman–Crippen MR) is 76.4 cm³/mol. The van der Waals surface area contributed by atoms with Gasteiger partial charge in [0.15, 0.2) is 0 Å². The molecule has 3 nitrogen and oxygen atoms in total. The molecule has 0 heterocycles. The Morgan fingerprint density at radius 1 is 1.39 bits per heavy atom. The second kappa shape index (κ2) is 5.10. The fourth-order valence-electron chi connectivity index (χ4n) is 2.46. The summed E-state index contributed by atoms with van der Waals surface area (Å²) in [6.07, 6.45) is 2.26. The monoisotopic (exact) mass is 313 g/mol. The van der Waals surface area contributed by atoms with Crippen molar-refractivity contribution in [2.24, 2.45) is 5.73 Å². The first-order valence-electron chi connectivity index (χ1n) is 6.31. The molecule has 0 bridgehead atoms. The molecule has 0 aliphatic heterocycles. The van der Waals surface area contributed by atoms with E-state index in [2.05, 4.69) is 28.9 Å². The number of benzene rings is 1. The lowest BCUT2D eigenvalue weighted by Crippen LogP contribution is -2.32. The Balaban J connectivity index is 2.48. The van der Waals surface area contributed by atoms with Gasteiger partial charge < -0.3 is 15.2 Å². The van der Waals surface area contributed by atoms with E-state index < -0.39 is 0 Å². The Labute approximate surface area is 117 Å². The lowest BCUT2D eigenvalue weighted by molar-refractivity contribution is 0.326. The zero-order chi connectivity index (χ0) is 13.3. The van der Waals surface area contributed by atoms with E-state index >= 15 is 0 Å². The maximum Gasteiger partial charge on any atom is 0.136 e. The Morgan fingerprint density at radius 2 is 2.06 bits per heavy atom. The van der Waals surface area contributed by atoms with Crippen LogP contribution in [0, 0.1) is 0 Å². The maximum absolute atomic E-state index is 6.15. The van der Waals surface area contributed by atoms with Crippen LogP contribution in [-0.4, -0.2) is 19.8 Å². The standard InChI is InChI=1S/C14H20BrNO2/c1-4-18-12-8-13(17-3)11(15)7-10(12)14(5-6-14)9(2)16/h7-9H,4-6,16H2,1-3H3. The minimum Gasteiger partial charge on any atom is -0.495 e. The molecule has 2 N–H and O–H groups in total. The summed E-state index contributed by atoms with van der Waals surface area (Å²) in [7, 11) is 1.66. The van der Waals surface area contributed by atoms with Crippen molar-refractivity contribution in [3.63, 3.8) is 0 Å². The van der Waals surface area contributed by atoms with Crippen LogP contribution in [0.25, 0.3) is 0 Å². The number of nitrogens with two attached hydrogens (primary N) is 1. The largest absolute Gasteiger partial charge is 0.495 e. The van der Waals surface area contributed by atoms with Gasteiger partial charge in [-0.25, -0.2) is 0 Å². The van der Waals surface area contributed by atoms with Crippen LogP contribution in [0.1, 0.15) is 32.3 Å². The van der Waals surface area contributed by atoms with E-state index in [4.69, 9.17) is 15.2 Å². The lowest BCUT2D eigenvalue weighted by atomic mass is 9.88. The molecule has 1 aromatic rings. The van der Waals surface area contributed by atoms with E-state index in [0.717, 1.165) is 28.8 Å². The highest BCUT2D eigenvalue weighted by Gasteiger charge is 2.49. The molecule has 100 valence electrons. The summed E-state index contributed by atoms with van der Waals surface area (Å²) in [6.45, 7) is 4.71. The van der Waals surface area contributed by atoms with Gasteiger partial charge in [-0.15, -0.1) is 0 Å². The second-order valence-corrected chi connectivity index (χ2v) is 5.72. The number of ether oxygens (including phenoxy) is 2. The summed E-state index contributed by atoms with van der Waals surface area (Å²) in [4.78, 5) is 0. The first-order valence-corrected chi connectivity index (χ1v) is 7.11. The summed E-state index contributed by atoms with van der Waals surface area (Å²) in [5.41, 5.74) is 7.43. The molecule has 1 atom stereocenters. The zero-order valence-corrected chi connectivity index (χ0v) is 12.7. The third-order valence-electron chi connectivity index (χ3n) is 3.75. The predicted octanol–water partition coefficient (Wildman–Crippen LogP) is 3.24. The third kappa shape index (κ3) is 2.24. The topological polar surface area (TPSA) is 44.5 Å². The Bertz CT molecular complexity index is 442. The van der Waals surface area contributed by atoms with E-state index in [1.807, 2.05) is 13.0 Å². The average Bonchev–Trinajstić information content (AvgIpc) is 3.12.